The maximum Gasteiger partial charge on any atom is 0.120 e. The smallest absolute Gasteiger partial charge is 0.120 e. The third-order valence-corrected chi connectivity index (χ3v) is 2.54. The number of aliphatic hydroxyl groups is 1. The topological polar surface area (TPSA) is 61.7 Å². The Labute approximate surface area is 102 Å². The highest BCUT2D eigenvalue weighted by atomic mass is 16.5. The van der Waals surface area contributed by atoms with Crippen LogP contribution in [0.2, 0.25) is 0 Å². The monoisotopic (exact) mass is 239 g/mol. The van der Waals surface area contributed by atoms with Crippen molar-refractivity contribution >= 4 is 0 Å². The molecule has 0 aliphatic rings. The lowest BCUT2D eigenvalue weighted by molar-refractivity contribution is 0.0769. The summed E-state index contributed by atoms with van der Waals surface area (Å²) in [4.78, 5) is 0. The molecule has 17 heavy (non-hydrogen) atoms. The van der Waals surface area contributed by atoms with Crippen molar-refractivity contribution in [1.82, 2.24) is 5.32 Å². The minimum atomic E-state index is -0.775. The predicted molar refractivity (Wildman–Crippen MR) is 67.4 cm³/mol. The van der Waals surface area contributed by atoms with E-state index in [9.17, 15) is 10.2 Å². The summed E-state index contributed by atoms with van der Waals surface area (Å²) in [7, 11) is 1.59. The minimum Gasteiger partial charge on any atom is -0.508 e. The lowest BCUT2D eigenvalue weighted by Crippen LogP contribution is -2.36. The molecule has 96 valence electrons. The van der Waals surface area contributed by atoms with E-state index < -0.39 is 5.60 Å². The van der Waals surface area contributed by atoms with Crippen molar-refractivity contribution in [1.29, 1.82) is 0 Å². The van der Waals surface area contributed by atoms with E-state index in [2.05, 4.69) is 5.32 Å². The summed E-state index contributed by atoms with van der Waals surface area (Å²) in [5, 5.41) is 22.6. The molecule has 0 aromatic heterocycles. The molecule has 0 saturated heterocycles. The molecule has 0 saturated carbocycles. The lowest BCUT2D eigenvalue weighted by Gasteiger charge is -2.22. The number of hydrogen-bond donors (Lipinski definition) is 3. The van der Waals surface area contributed by atoms with E-state index in [1.807, 2.05) is 6.92 Å². The zero-order valence-electron chi connectivity index (χ0n) is 10.8. The maximum atomic E-state index is 9.77. The van der Waals surface area contributed by atoms with Crippen LogP contribution in [0.1, 0.15) is 32.4 Å². The molecule has 0 aliphatic carbocycles. The highest BCUT2D eigenvalue weighted by molar-refractivity contribution is 5.41. The van der Waals surface area contributed by atoms with E-state index in [0.717, 1.165) is 5.56 Å². The van der Waals surface area contributed by atoms with Gasteiger partial charge in [0.15, 0.2) is 0 Å². The number of methoxy groups -OCH3 is 1. The Hall–Kier alpha value is -1.26. The maximum absolute atomic E-state index is 9.77. The van der Waals surface area contributed by atoms with E-state index in [0.29, 0.717) is 12.3 Å². The molecule has 1 atom stereocenters. The van der Waals surface area contributed by atoms with Crippen molar-refractivity contribution in [3.05, 3.63) is 23.8 Å². The van der Waals surface area contributed by atoms with Gasteiger partial charge in [-0.25, -0.2) is 0 Å². The second-order valence-electron chi connectivity index (χ2n) is 4.84. The van der Waals surface area contributed by atoms with Gasteiger partial charge in [0.1, 0.15) is 11.5 Å². The second-order valence-corrected chi connectivity index (χ2v) is 4.84. The van der Waals surface area contributed by atoms with Gasteiger partial charge in [-0.1, -0.05) is 0 Å². The molecule has 1 rings (SSSR count). The number of nitrogens with one attached hydrogen (secondary N) is 1. The van der Waals surface area contributed by atoms with Crippen LogP contribution in [-0.2, 0) is 0 Å². The first-order valence-electron chi connectivity index (χ1n) is 5.66. The van der Waals surface area contributed by atoms with Crippen LogP contribution in [0.15, 0.2) is 18.2 Å². The van der Waals surface area contributed by atoms with Crippen molar-refractivity contribution in [3.8, 4) is 11.5 Å². The van der Waals surface area contributed by atoms with Gasteiger partial charge in [-0.2, -0.15) is 0 Å². The Morgan fingerprint density at radius 3 is 2.59 bits per heavy atom. The molecule has 1 unspecified atom stereocenters. The summed E-state index contributed by atoms with van der Waals surface area (Å²) < 4.78 is 5.12. The van der Waals surface area contributed by atoms with Gasteiger partial charge in [0.2, 0.25) is 0 Å². The average Bonchev–Trinajstić information content (AvgIpc) is 2.25. The summed E-state index contributed by atoms with van der Waals surface area (Å²) in [5.74, 6) is 0.927. The van der Waals surface area contributed by atoms with Crippen LogP contribution in [0.5, 0.6) is 11.5 Å². The molecule has 1 aromatic carbocycles. The first-order valence-corrected chi connectivity index (χ1v) is 5.66. The van der Waals surface area contributed by atoms with Gasteiger partial charge in [0, 0.05) is 18.2 Å². The summed E-state index contributed by atoms with van der Waals surface area (Å²) in [5.41, 5.74) is -0.0171. The zero-order valence-corrected chi connectivity index (χ0v) is 10.8. The van der Waals surface area contributed by atoms with Crippen LogP contribution in [0.3, 0.4) is 0 Å². The number of phenolic OH excluding ortho intramolecular Hbond substituents is 1. The Morgan fingerprint density at radius 1 is 1.41 bits per heavy atom. The number of aromatic hydroxyl groups is 1. The van der Waals surface area contributed by atoms with E-state index in [1.165, 1.54) is 0 Å². The molecule has 0 radical (unpaired) electrons. The Kier molecular flexibility index (Phi) is 4.37. The average molecular weight is 239 g/mol. The molecular weight excluding hydrogens is 218 g/mol. The summed E-state index contributed by atoms with van der Waals surface area (Å²) >= 11 is 0. The summed E-state index contributed by atoms with van der Waals surface area (Å²) in [6.07, 6.45) is 0. The van der Waals surface area contributed by atoms with Gasteiger partial charge in [-0.15, -0.1) is 0 Å². The van der Waals surface area contributed by atoms with Gasteiger partial charge in [-0.05, 0) is 39.0 Å². The summed E-state index contributed by atoms with van der Waals surface area (Å²) in [6, 6.07) is 5.05. The van der Waals surface area contributed by atoms with Crippen molar-refractivity contribution in [2.45, 2.75) is 32.4 Å². The molecule has 1 aromatic rings. The predicted octanol–water partition coefficient (Wildman–Crippen LogP) is 1.82. The molecule has 4 nitrogen and oxygen atoms in total. The zero-order chi connectivity index (χ0) is 13.1. The van der Waals surface area contributed by atoms with Crippen molar-refractivity contribution in [2.24, 2.45) is 0 Å². The molecule has 0 fully saturated rings. The van der Waals surface area contributed by atoms with E-state index >= 15 is 0 Å². The van der Waals surface area contributed by atoms with Crippen molar-refractivity contribution < 1.29 is 14.9 Å². The van der Waals surface area contributed by atoms with Gasteiger partial charge in [0.25, 0.3) is 0 Å². The number of ether oxygens (including phenoxy) is 1. The summed E-state index contributed by atoms with van der Waals surface area (Å²) in [6.45, 7) is 5.85. The Bertz CT molecular complexity index is 371. The fourth-order valence-corrected chi connectivity index (χ4v) is 1.52. The number of phenols is 1. The molecule has 0 spiro atoms. The molecule has 0 heterocycles. The van der Waals surface area contributed by atoms with Crippen LogP contribution in [0, 0.1) is 0 Å². The van der Waals surface area contributed by atoms with Crippen LogP contribution in [0.4, 0.5) is 0 Å². The van der Waals surface area contributed by atoms with E-state index in [1.54, 1.807) is 39.2 Å². The van der Waals surface area contributed by atoms with Crippen LogP contribution >= 0.6 is 0 Å². The highest BCUT2D eigenvalue weighted by Gasteiger charge is 2.16. The lowest BCUT2D eigenvalue weighted by atomic mass is 10.0. The van der Waals surface area contributed by atoms with Gasteiger partial charge >= 0.3 is 0 Å². The normalized spacial score (nSPS) is 13.5. The number of hydrogen-bond acceptors (Lipinski definition) is 4. The first-order chi connectivity index (χ1) is 7.83. The SMILES string of the molecule is COc1ccc(O)c(C(C)NCC(C)(C)O)c1. The van der Waals surface area contributed by atoms with Crippen molar-refractivity contribution in [2.75, 3.05) is 13.7 Å². The third kappa shape index (κ3) is 4.24. The van der Waals surface area contributed by atoms with Gasteiger partial charge in [-0.3, -0.25) is 0 Å². The van der Waals surface area contributed by atoms with Gasteiger partial charge < -0.3 is 20.3 Å². The second kappa shape index (κ2) is 5.38. The molecule has 0 aliphatic heterocycles. The van der Waals surface area contributed by atoms with Crippen LogP contribution in [0.25, 0.3) is 0 Å². The first kappa shape index (κ1) is 13.8. The quantitative estimate of drug-likeness (QED) is 0.733. The standard InChI is InChI=1S/C13H21NO3/c1-9(14-8-13(2,3)16)11-7-10(17-4)5-6-12(11)15/h5-7,9,14-16H,8H2,1-4H3. The number of rotatable bonds is 5. The number of benzene rings is 1. The highest BCUT2D eigenvalue weighted by Crippen LogP contribution is 2.28. The Balaban J connectivity index is 2.77. The fourth-order valence-electron chi connectivity index (χ4n) is 1.52. The molecule has 0 bridgehead atoms. The van der Waals surface area contributed by atoms with Gasteiger partial charge in [0.05, 0.1) is 12.7 Å². The minimum absolute atomic E-state index is 0.0588. The van der Waals surface area contributed by atoms with Crippen LogP contribution < -0.4 is 10.1 Å². The van der Waals surface area contributed by atoms with Crippen LogP contribution in [-0.4, -0.2) is 29.5 Å². The third-order valence-electron chi connectivity index (χ3n) is 2.54. The largest absolute Gasteiger partial charge is 0.508 e. The molecule has 3 N–H and O–H groups in total. The Morgan fingerprint density at radius 2 is 2.06 bits per heavy atom. The fraction of sp³-hybridized carbons (Fsp3) is 0.538. The van der Waals surface area contributed by atoms with E-state index in [-0.39, 0.29) is 11.8 Å². The molecular formula is C13H21NO3. The molecule has 0 amide bonds. The molecule has 4 heteroatoms. The van der Waals surface area contributed by atoms with Crippen molar-refractivity contribution in [3.63, 3.8) is 0 Å². The van der Waals surface area contributed by atoms with E-state index in [4.69, 9.17) is 4.74 Å².